The molecule has 5 nitrogen and oxygen atoms in total. The molecule has 2 N–H and O–H groups in total. The number of ether oxygens (including phenoxy) is 1. The Bertz CT molecular complexity index is 828. The van der Waals surface area contributed by atoms with Crippen LogP contribution in [0.25, 0.3) is 0 Å². The predicted octanol–water partition coefficient (Wildman–Crippen LogP) is 4.55. The third-order valence-corrected chi connectivity index (χ3v) is 3.65. The predicted molar refractivity (Wildman–Crippen MR) is 99.7 cm³/mol. The maximum Gasteiger partial charge on any atom is 0.422 e. The molecule has 0 spiro atoms. The van der Waals surface area contributed by atoms with Gasteiger partial charge >= 0.3 is 6.09 Å². The summed E-state index contributed by atoms with van der Waals surface area (Å²) >= 11 is 0. The summed E-state index contributed by atoms with van der Waals surface area (Å²) in [7, 11) is 0. The average Bonchev–Trinajstić information content (AvgIpc) is 2.54. The van der Waals surface area contributed by atoms with Gasteiger partial charge in [-0.05, 0) is 57.0 Å². The second-order valence-electron chi connectivity index (χ2n) is 6.84. The number of imide groups is 1. The first kappa shape index (κ1) is 19.4. The SMILES string of the molecule is CCc1ccc(N(C(=O)OC(C)(C)C)C(=O)c2ccccc2N)cc1F. The van der Waals surface area contributed by atoms with Crippen molar-refractivity contribution in [3.05, 3.63) is 59.4 Å². The summed E-state index contributed by atoms with van der Waals surface area (Å²) in [6.07, 6.45) is -0.396. The molecule has 6 heteroatoms. The lowest BCUT2D eigenvalue weighted by Crippen LogP contribution is -2.41. The third kappa shape index (κ3) is 4.39. The lowest BCUT2D eigenvalue weighted by Gasteiger charge is -2.26. The van der Waals surface area contributed by atoms with E-state index >= 15 is 0 Å². The van der Waals surface area contributed by atoms with Gasteiger partial charge in [0.2, 0.25) is 0 Å². The zero-order valence-electron chi connectivity index (χ0n) is 15.4. The summed E-state index contributed by atoms with van der Waals surface area (Å²) in [4.78, 5) is 26.5. The Kier molecular flexibility index (Phi) is 5.65. The number of hydrogen-bond donors (Lipinski definition) is 1. The number of hydrogen-bond acceptors (Lipinski definition) is 4. The Labute approximate surface area is 152 Å². The molecular formula is C20H23FN2O3. The van der Waals surface area contributed by atoms with Gasteiger partial charge in [0.15, 0.2) is 0 Å². The van der Waals surface area contributed by atoms with Crippen molar-refractivity contribution in [3.63, 3.8) is 0 Å². The number of halogens is 1. The second-order valence-corrected chi connectivity index (χ2v) is 6.84. The molecular weight excluding hydrogens is 335 g/mol. The van der Waals surface area contributed by atoms with Crippen LogP contribution in [-0.2, 0) is 11.2 Å². The molecule has 0 aliphatic carbocycles. The maximum atomic E-state index is 14.2. The van der Waals surface area contributed by atoms with Crippen LogP contribution < -0.4 is 10.6 Å². The number of anilines is 2. The summed E-state index contributed by atoms with van der Waals surface area (Å²) in [5.41, 5.74) is 5.98. The molecule has 0 unspecified atom stereocenters. The molecule has 0 atom stereocenters. The zero-order valence-corrected chi connectivity index (χ0v) is 15.4. The van der Waals surface area contributed by atoms with Crippen molar-refractivity contribution in [2.45, 2.75) is 39.7 Å². The fourth-order valence-corrected chi connectivity index (χ4v) is 2.39. The van der Waals surface area contributed by atoms with E-state index in [2.05, 4.69) is 0 Å². The molecule has 0 bridgehead atoms. The topological polar surface area (TPSA) is 72.6 Å². The van der Waals surface area contributed by atoms with Crippen molar-refractivity contribution in [2.24, 2.45) is 0 Å². The highest BCUT2D eigenvalue weighted by atomic mass is 19.1. The number of para-hydroxylation sites is 1. The number of carbonyl (C=O) groups is 2. The number of nitrogens with zero attached hydrogens (tertiary/aromatic N) is 1. The maximum absolute atomic E-state index is 14.2. The lowest BCUT2D eigenvalue weighted by atomic mass is 10.1. The molecule has 0 aliphatic heterocycles. The van der Waals surface area contributed by atoms with Crippen molar-refractivity contribution in [1.29, 1.82) is 0 Å². The molecule has 0 saturated carbocycles. The van der Waals surface area contributed by atoms with Gasteiger partial charge in [0.05, 0.1) is 11.3 Å². The highest BCUT2D eigenvalue weighted by Crippen LogP contribution is 2.25. The van der Waals surface area contributed by atoms with E-state index in [1.54, 1.807) is 45.0 Å². The van der Waals surface area contributed by atoms with Gasteiger partial charge < -0.3 is 10.5 Å². The smallest absolute Gasteiger partial charge is 0.422 e. The molecule has 2 rings (SSSR count). The Morgan fingerprint density at radius 2 is 1.81 bits per heavy atom. The monoisotopic (exact) mass is 358 g/mol. The van der Waals surface area contributed by atoms with Gasteiger partial charge in [-0.2, -0.15) is 0 Å². The summed E-state index contributed by atoms with van der Waals surface area (Å²) in [6, 6.07) is 10.6. The van der Waals surface area contributed by atoms with Crippen molar-refractivity contribution in [2.75, 3.05) is 10.6 Å². The number of rotatable bonds is 3. The molecule has 2 aromatic rings. The first-order valence-electron chi connectivity index (χ1n) is 8.34. The fourth-order valence-electron chi connectivity index (χ4n) is 2.39. The summed E-state index contributed by atoms with van der Waals surface area (Å²) < 4.78 is 19.6. The minimum atomic E-state index is -0.894. The number of benzene rings is 2. The average molecular weight is 358 g/mol. The van der Waals surface area contributed by atoms with E-state index in [0.29, 0.717) is 12.0 Å². The minimum absolute atomic E-state index is 0.0854. The first-order chi connectivity index (χ1) is 12.1. The van der Waals surface area contributed by atoms with E-state index in [1.807, 2.05) is 6.92 Å². The Balaban J connectivity index is 2.52. The molecule has 0 heterocycles. The number of carbonyl (C=O) groups excluding carboxylic acids is 2. The van der Waals surface area contributed by atoms with Crippen LogP contribution in [0.1, 0.15) is 43.6 Å². The lowest BCUT2D eigenvalue weighted by molar-refractivity contribution is 0.0564. The number of aryl methyl sites for hydroxylation is 1. The number of amides is 2. The van der Waals surface area contributed by atoms with Gasteiger partial charge in [0, 0.05) is 5.69 Å². The molecule has 2 aromatic carbocycles. The van der Waals surface area contributed by atoms with Crippen LogP contribution in [0.3, 0.4) is 0 Å². The van der Waals surface area contributed by atoms with Crippen molar-refractivity contribution in [1.82, 2.24) is 0 Å². The Hall–Kier alpha value is -2.89. The van der Waals surface area contributed by atoms with Gasteiger partial charge in [-0.25, -0.2) is 14.1 Å². The van der Waals surface area contributed by atoms with E-state index in [9.17, 15) is 14.0 Å². The van der Waals surface area contributed by atoms with E-state index in [1.165, 1.54) is 12.1 Å². The zero-order chi connectivity index (χ0) is 19.5. The molecule has 0 aliphatic rings. The molecule has 0 fully saturated rings. The number of nitrogens with two attached hydrogens (primary N) is 1. The van der Waals surface area contributed by atoms with E-state index in [4.69, 9.17) is 10.5 Å². The van der Waals surface area contributed by atoms with E-state index in [-0.39, 0.29) is 16.9 Å². The molecule has 0 aromatic heterocycles. The van der Waals surface area contributed by atoms with Gasteiger partial charge in [0.25, 0.3) is 5.91 Å². The van der Waals surface area contributed by atoms with E-state index < -0.39 is 23.4 Å². The molecule has 0 saturated heterocycles. The third-order valence-electron chi connectivity index (χ3n) is 3.65. The second kappa shape index (κ2) is 7.56. The summed E-state index contributed by atoms with van der Waals surface area (Å²) in [6.45, 7) is 6.88. The normalized spacial score (nSPS) is 11.1. The highest BCUT2D eigenvalue weighted by molar-refractivity contribution is 6.21. The van der Waals surface area contributed by atoms with Crippen LogP contribution in [0, 0.1) is 5.82 Å². The van der Waals surface area contributed by atoms with Crippen molar-refractivity contribution >= 4 is 23.4 Å². The Morgan fingerprint density at radius 3 is 2.35 bits per heavy atom. The largest absolute Gasteiger partial charge is 0.443 e. The fraction of sp³-hybridized carbons (Fsp3) is 0.300. The van der Waals surface area contributed by atoms with E-state index in [0.717, 1.165) is 11.0 Å². The summed E-state index contributed by atoms with van der Waals surface area (Å²) in [5.74, 6) is -1.17. The molecule has 26 heavy (non-hydrogen) atoms. The standard InChI is InChI=1S/C20H23FN2O3/c1-5-13-10-11-14(12-16(13)21)23(19(25)26-20(2,3)4)18(24)15-8-6-7-9-17(15)22/h6-12H,5,22H2,1-4H3. The Morgan fingerprint density at radius 1 is 1.15 bits per heavy atom. The molecule has 2 amide bonds. The van der Waals surface area contributed by atoms with Gasteiger partial charge in [0.1, 0.15) is 11.4 Å². The molecule has 0 radical (unpaired) electrons. The van der Waals surface area contributed by atoms with Crippen LogP contribution in [-0.4, -0.2) is 17.6 Å². The minimum Gasteiger partial charge on any atom is -0.443 e. The quantitative estimate of drug-likeness (QED) is 0.817. The van der Waals surface area contributed by atoms with Crippen LogP contribution in [0.4, 0.5) is 20.6 Å². The van der Waals surface area contributed by atoms with Crippen molar-refractivity contribution < 1.29 is 18.7 Å². The van der Waals surface area contributed by atoms with Crippen LogP contribution in [0.2, 0.25) is 0 Å². The van der Waals surface area contributed by atoms with Crippen molar-refractivity contribution in [3.8, 4) is 0 Å². The van der Waals surface area contributed by atoms with Gasteiger partial charge in [-0.15, -0.1) is 0 Å². The van der Waals surface area contributed by atoms with Crippen LogP contribution in [0.5, 0.6) is 0 Å². The number of nitrogen functional groups attached to an aromatic ring is 1. The highest BCUT2D eigenvalue weighted by Gasteiger charge is 2.31. The van der Waals surface area contributed by atoms with Crippen LogP contribution in [0.15, 0.2) is 42.5 Å². The molecule has 138 valence electrons. The van der Waals surface area contributed by atoms with Crippen LogP contribution >= 0.6 is 0 Å². The first-order valence-corrected chi connectivity index (χ1v) is 8.34. The summed E-state index contributed by atoms with van der Waals surface area (Å²) in [5, 5.41) is 0. The van der Waals surface area contributed by atoms with Gasteiger partial charge in [-0.3, -0.25) is 4.79 Å². The van der Waals surface area contributed by atoms with Gasteiger partial charge in [-0.1, -0.05) is 25.1 Å².